The Hall–Kier alpha value is -1.49. The highest BCUT2D eigenvalue weighted by Gasteiger charge is 2.10. The summed E-state index contributed by atoms with van der Waals surface area (Å²) in [6, 6.07) is 3.68. The van der Waals surface area contributed by atoms with Gasteiger partial charge in [0.05, 0.1) is 12.3 Å². The molecule has 0 aliphatic rings. The van der Waals surface area contributed by atoms with E-state index in [0.717, 1.165) is 39.3 Å². The summed E-state index contributed by atoms with van der Waals surface area (Å²) >= 11 is 2.18. The van der Waals surface area contributed by atoms with Gasteiger partial charge < -0.3 is 10.2 Å². The molecule has 0 heterocycles. The van der Waals surface area contributed by atoms with Gasteiger partial charge >= 0.3 is 0 Å². The van der Waals surface area contributed by atoms with Gasteiger partial charge in [0.15, 0.2) is 0 Å². The number of anilines is 1. The second-order valence-corrected chi connectivity index (χ2v) is 6.12. The van der Waals surface area contributed by atoms with E-state index in [9.17, 15) is 14.9 Å². The van der Waals surface area contributed by atoms with Crippen molar-refractivity contribution in [2.75, 3.05) is 11.9 Å². The third-order valence-corrected chi connectivity index (χ3v) is 4.34. The molecule has 1 amide bonds. The number of unbranched alkanes of at least 4 members (excludes halogenated alkanes) is 2. The topological polar surface area (TPSA) is 134 Å². The Balaban J connectivity index is 2.45. The van der Waals surface area contributed by atoms with Gasteiger partial charge in [0, 0.05) is 16.2 Å². The van der Waals surface area contributed by atoms with E-state index in [1.54, 1.807) is 0 Å². The zero-order valence-corrected chi connectivity index (χ0v) is 14.4. The van der Waals surface area contributed by atoms with Crippen LogP contribution < -0.4 is 15.6 Å². The summed E-state index contributed by atoms with van der Waals surface area (Å²) in [5, 5.41) is 23.2. The van der Waals surface area contributed by atoms with Crippen molar-refractivity contribution < 1.29 is 14.7 Å². The molecule has 10 heteroatoms. The number of nitrogens with one attached hydrogen (secondary N) is 1. The molecule has 1 aromatic carbocycles. The zero-order chi connectivity index (χ0) is 17.2. The van der Waals surface area contributed by atoms with Gasteiger partial charge in [0.25, 0.3) is 5.09 Å². The largest absolute Gasteiger partial charge is 0.325 e. The van der Waals surface area contributed by atoms with Crippen LogP contribution in [-0.4, -0.2) is 17.6 Å². The number of nitrogens with zero attached hydrogens (tertiary/aromatic N) is 1. The lowest BCUT2D eigenvalue weighted by Crippen LogP contribution is -2.12. The van der Waals surface area contributed by atoms with E-state index in [1.165, 1.54) is 0 Å². The summed E-state index contributed by atoms with van der Waals surface area (Å²) in [5.74, 6) is -0.122. The van der Waals surface area contributed by atoms with Gasteiger partial charge in [-0.3, -0.25) is 15.1 Å². The minimum absolute atomic E-state index is 0.0555. The maximum atomic E-state index is 12.0. The van der Waals surface area contributed by atoms with Crippen molar-refractivity contribution >= 4 is 35.5 Å². The molecule has 0 aliphatic carbocycles. The van der Waals surface area contributed by atoms with Crippen LogP contribution in [0.15, 0.2) is 21.9 Å². The molecule has 8 nitrogen and oxygen atoms in total. The highest BCUT2D eigenvalue weighted by molar-refractivity contribution is 7.98. The first-order valence-corrected chi connectivity index (χ1v) is 8.69. The summed E-state index contributed by atoms with van der Waals surface area (Å²) in [5.41, 5.74) is 1.62. The Kier molecular flexibility index (Phi) is 8.77. The van der Waals surface area contributed by atoms with Crippen molar-refractivity contribution in [1.29, 1.82) is 0 Å². The molecule has 0 radical (unpaired) electrons. The van der Waals surface area contributed by atoms with Gasteiger partial charge in [0.2, 0.25) is 5.91 Å². The number of hydrogen-bond donors (Lipinski definition) is 3. The Bertz CT molecular complexity index is 557. The molecule has 0 saturated heterocycles. The Morgan fingerprint density at radius 3 is 2.57 bits per heavy atom. The van der Waals surface area contributed by atoms with E-state index in [4.69, 9.17) is 10.3 Å². The first-order valence-electron chi connectivity index (χ1n) is 6.93. The predicted molar refractivity (Wildman–Crippen MR) is 91.3 cm³/mol. The van der Waals surface area contributed by atoms with Crippen LogP contribution in [0.25, 0.3) is 0 Å². The SMILES string of the molecule is Cc1cc(NC(=O)CCCCCO[N+](=O)[O-])c(SN)cc1SN. The Labute approximate surface area is 143 Å². The van der Waals surface area contributed by atoms with Crippen molar-refractivity contribution in [3.8, 4) is 0 Å². The van der Waals surface area contributed by atoms with Crippen LogP contribution >= 0.6 is 23.9 Å². The molecule has 0 unspecified atom stereocenters. The van der Waals surface area contributed by atoms with Crippen molar-refractivity contribution in [2.24, 2.45) is 10.3 Å². The van der Waals surface area contributed by atoms with Crippen molar-refractivity contribution in [1.82, 2.24) is 0 Å². The first-order chi connectivity index (χ1) is 11.0. The molecule has 0 spiro atoms. The molecule has 0 aliphatic heterocycles. The lowest BCUT2D eigenvalue weighted by molar-refractivity contribution is -0.757. The second kappa shape index (κ2) is 10.3. The molecule has 0 saturated carbocycles. The molecular weight excluding hydrogens is 340 g/mol. The highest BCUT2D eigenvalue weighted by atomic mass is 32.2. The summed E-state index contributed by atoms with van der Waals surface area (Å²) in [7, 11) is 0. The normalized spacial score (nSPS) is 10.4. The van der Waals surface area contributed by atoms with E-state index >= 15 is 0 Å². The Morgan fingerprint density at radius 2 is 1.96 bits per heavy atom. The van der Waals surface area contributed by atoms with Crippen LogP contribution in [0.3, 0.4) is 0 Å². The fourth-order valence-corrected chi connectivity index (χ4v) is 2.84. The van der Waals surface area contributed by atoms with E-state index in [-0.39, 0.29) is 12.5 Å². The summed E-state index contributed by atoms with van der Waals surface area (Å²) in [4.78, 5) is 27.8. The van der Waals surface area contributed by atoms with Crippen molar-refractivity contribution in [3.63, 3.8) is 0 Å². The van der Waals surface area contributed by atoms with Crippen LogP contribution in [0, 0.1) is 17.0 Å². The smallest absolute Gasteiger partial charge is 0.294 e. The lowest BCUT2D eigenvalue weighted by Gasteiger charge is -2.12. The van der Waals surface area contributed by atoms with Crippen molar-refractivity contribution in [2.45, 2.75) is 42.4 Å². The third kappa shape index (κ3) is 7.08. The minimum Gasteiger partial charge on any atom is -0.325 e. The van der Waals surface area contributed by atoms with Gasteiger partial charge in [-0.2, -0.15) is 0 Å². The molecular formula is C13H20N4O4S2. The average Bonchev–Trinajstić information content (AvgIpc) is 2.50. The van der Waals surface area contributed by atoms with Gasteiger partial charge in [-0.1, -0.05) is 6.42 Å². The lowest BCUT2D eigenvalue weighted by atomic mass is 10.2. The molecule has 1 rings (SSSR count). The number of nitrogens with two attached hydrogens (primary N) is 2. The summed E-state index contributed by atoms with van der Waals surface area (Å²) in [6.07, 6.45) is 2.19. The summed E-state index contributed by atoms with van der Waals surface area (Å²) < 4.78 is 0. The van der Waals surface area contributed by atoms with E-state index < -0.39 is 5.09 Å². The second-order valence-electron chi connectivity index (χ2n) is 4.77. The van der Waals surface area contributed by atoms with Crippen LogP contribution in [0.2, 0.25) is 0 Å². The Morgan fingerprint density at radius 1 is 1.26 bits per heavy atom. The van der Waals surface area contributed by atoms with Gasteiger partial charge in [-0.05, 0) is 61.4 Å². The highest BCUT2D eigenvalue weighted by Crippen LogP contribution is 2.31. The van der Waals surface area contributed by atoms with Crippen LogP contribution in [0.5, 0.6) is 0 Å². The fourth-order valence-electron chi connectivity index (χ4n) is 1.91. The summed E-state index contributed by atoms with van der Waals surface area (Å²) in [6.45, 7) is 1.96. The molecule has 0 fully saturated rings. The van der Waals surface area contributed by atoms with Crippen LogP contribution in [-0.2, 0) is 9.63 Å². The van der Waals surface area contributed by atoms with Crippen molar-refractivity contribution in [3.05, 3.63) is 27.8 Å². The molecule has 0 atom stereocenters. The standard InChI is InChI=1S/C13H20N4O4S2/c1-9-7-10(12(23-15)8-11(9)22-14)16-13(18)5-3-2-4-6-21-17(19)20/h7-8H,2-6,14-15H2,1H3,(H,16,18). The monoisotopic (exact) mass is 360 g/mol. The molecule has 1 aromatic rings. The molecule has 0 aromatic heterocycles. The van der Waals surface area contributed by atoms with Crippen LogP contribution in [0.4, 0.5) is 5.69 Å². The molecule has 5 N–H and O–H groups in total. The van der Waals surface area contributed by atoms with E-state index in [2.05, 4.69) is 10.2 Å². The average molecular weight is 360 g/mol. The van der Waals surface area contributed by atoms with Crippen LogP contribution in [0.1, 0.15) is 31.2 Å². The maximum Gasteiger partial charge on any atom is 0.294 e. The molecule has 0 bridgehead atoms. The minimum atomic E-state index is -0.815. The number of benzene rings is 1. The number of rotatable bonds is 10. The third-order valence-electron chi connectivity index (χ3n) is 3.05. The van der Waals surface area contributed by atoms with E-state index in [0.29, 0.717) is 31.4 Å². The molecule has 128 valence electrons. The first kappa shape index (κ1) is 19.6. The quantitative estimate of drug-likeness (QED) is 0.251. The van der Waals surface area contributed by atoms with Gasteiger partial charge in [-0.25, -0.2) is 0 Å². The zero-order valence-electron chi connectivity index (χ0n) is 12.7. The van der Waals surface area contributed by atoms with E-state index in [1.807, 2.05) is 19.1 Å². The fraction of sp³-hybridized carbons (Fsp3) is 0.462. The number of carbonyl (C=O) groups excluding carboxylic acids is 1. The number of aryl methyl sites for hydroxylation is 1. The van der Waals surface area contributed by atoms with Gasteiger partial charge in [0.1, 0.15) is 0 Å². The number of carbonyl (C=O) groups is 1. The molecule has 23 heavy (non-hydrogen) atoms. The maximum absolute atomic E-state index is 12.0. The number of hydrogen-bond acceptors (Lipinski definition) is 8. The predicted octanol–water partition coefficient (Wildman–Crippen LogP) is 2.63. The van der Waals surface area contributed by atoms with Gasteiger partial charge in [-0.15, -0.1) is 10.1 Å². The number of amides is 1.